The van der Waals surface area contributed by atoms with Crippen LogP contribution >= 0.6 is 0 Å². The number of rotatable bonds is 18. The molecule has 8 nitrogen and oxygen atoms in total. The summed E-state index contributed by atoms with van der Waals surface area (Å²) in [6.07, 6.45) is -3.96. The fourth-order valence-corrected chi connectivity index (χ4v) is 5.68. The molecule has 0 saturated carbocycles. The Kier molecular flexibility index (Phi) is 13.1. The molecule has 4 rings (SSSR count). The molecular formula is C35H40O8S. The van der Waals surface area contributed by atoms with Crippen LogP contribution in [0.5, 0.6) is 0 Å². The highest BCUT2D eigenvalue weighted by Gasteiger charge is 2.41. The summed E-state index contributed by atoms with van der Waals surface area (Å²) in [5, 5.41) is 0. The second-order valence-electron chi connectivity index (χ2n) is 10.3. The average molecular weight is 621 g/mol. The van der Waals surface area contributed by atoms with E-state index in [4.69, 9.17) is 27.9 Å². The van der Waals surface area contributed by atoms with E-state index < -0.39 is 34.7 Å². The zero-order valence-corrected chi connectivity index (χ0v) is 26.1. The summed E-state index contributed by atoms with van der Waals surface area (Å²) in [5.74, 6) is 0. The summed E-state index contributed by atoms with van der Waals surface area (Å²) in [6, 6.07) is 35.3. The van der Waals surface area contributed by atoms with E-state index in [0.717, 1.165) is 22.3 Å². The zero-order chi connectivity index (χ0) is 31.2. The summed E-state index contributed by atoms with van der Waals surface area (Å²) < 4.78 is 63.5. The van der Waals surface area contributed by atoms with Crippen molar-refractivity contribution in [1.29, 1.82) is 0 Å². The normalized spacial score (nSPS) is 13.9. The molecule has 0 saturated heterocycles. The molecule has 234 valence electrons. The van der Waals surface area contributed by atoms with Gasteiger partial charge in [0.15, 0.2) is 6.29 Å². The summed E-state index contributed by atoms with van der Waals surface area (Å²) in [4.78, 5) is 0.0229. The van der Waals surface area contributed by atoms with Gasteiger partial charge in [0.2, 0.25) is 0 Å². The molecule has 0 aliphatic rings. The number of methoxy groups -OCH3 is 2. The first-order valence-electron chi connectivity index (χ1n) is 14.4. The first-order valence-corrected chi connectivity index (χ1v) is 15.8. The van der Waals surface area contributed by atoms with Gasteiger partial charge in [0.25, 0.3) is 10.1 Å². The third kappa shape index (κ3) is 10.1. The monoisotopic (exact) mass is 620 g/mol. The standard InChI is InChI=1S/C35H40O8S/c1-27-19-21-31(22-20-27)44(36,37)43-32(26-40-23-28-13-7-4-8-14-28)33(41-24-29-15-9-5-10-16-29)34(35(38-2)39-3)42-25-30-17-11-6-12-18-30/h4-22,32-35H,23-26H2,1-3H3/t32-,33-,34-/m1/s1. The lowest BCUT2D eigenvalue weighted by atomic mass is 10.1. The zero-order valence-electron chi connectivity index (χ0n) is 25.3. The molecule has 3 atom stereocenters. The summed E-state index contributed by atoms with van der Waals surface area (Å²) in [5.41, 5.74) is 3.65. The molecule has 0 spiro atoms. The quantitative estimate of drug-likeness (QED) is 0.0978. The van der Waals surface area contributed by atoms with E-state index in [-0.39, 0.29) is 31.3 Å². The minimum Gasteiger partial charge on any atom is -0.374 e. The molecule has 0 aliphatic heterocycles. The Morgan fingerprint density at radius 2 is 1.05 bits per heavy atom. The van der Waals surface area contributed by atoms with Gasteiger partial charge in [-0.05, 0) is 35.7 Å². The van der Waals surface area contributed by atoms with Gasteiger partial charge in [0.1, 0.15) is 18.3 Å². The predicted molar refractivity (Wildman–Crippen MR) is 167 cm³/mol. The minimum atomic E-state index is -4.24. The molecule has 9 heteroatoms. The fourth-order valence-electron chi connectivity index (χ4n) is 4.61. The van der Waals surface area contributed by atoms with E-state index >= 15 is 0 Å². The molecule has 0 amide bonds. The molecule has 0 aliphatic carbocycles. The maximum absolute atomic E-state index is 13.6. The van der Waals surface area contributed by atoms with Crippen LogP contribution in [0.25, 0.3) is 0 Å². The number of benzene rings is 4. The predicted octanol–water partition coefficient (Wildman–Crippen LogP) is 6.08. The van der Waals surface area contributed by atoms with Gasteiger partial charge in [0.05, 0.1) is 31.3 Å². The first kappa shape index (κ1) is 33.5. The second-order valence-corrected chi connectivity index (χ2v) is 11.8. The Balaban J connectivity index is 1.69. The van der Waals surface area contributed by atoms with Crippen LogP contribution in [-0.4, -0.2) is 53.8 Å². The third-order valence-electron chi connectivity index (χ3n) is 6.95. The van der Waals surface area contributed by atoms with E-state index in [0.29, 0.717) is 0 Å². The Hall–Kier alpha value is -3.41. The molecule has 0 N–H and O–H groups in total. The molecule has 0 radical (unpaired) electrons. The van der Waals surface area contributed by atoms with Gasteiger partial charge in [-0.15, -0.1) is 0 Å². The highest BCUT2D eigenvalue weighted by Crippen LogP contribution is 2.25. The van der Waals surface area contributed by atoms with Crippen molar-refractivity contribution in [1.82, 2.24) is 0 Å². The lowest BCUT2D eigenvalue weighted by Crippen LogP contribution is -2.51. The maximum atomic E-state index is 13.6. The molecule has 0 aromatic heterocycles. The van der Waals surface area contributed by atoms with E-state index in [9.17, 15) is 8.42 Å². The number of ether oxygens (including phenoxy) is 5. The topological polar surface area (TPSA) is 89.5 Å². The Bertz CT molecular complexity index is 1460. The summed E-state index contributed by atoms with van der Waals surface area (Å²) >= 11 is 0. The van der Waals surface area contributed by atoms with Crippen LogP contribution < -0.4 is 0 Å². The van der Waals surface area contributed by atoms with Crippen LogP contribution in [0.15, 0.2) is 120 Å². The van der Waals surface area contributed by atoms with Crippen molar-refractivity contribution < 1.29 is 36.3 Å². The lowest BCUT2D eigenvalue weighted by Gasteiger charge is -2.36. The molecule has 0 fully saturated rings. The van der Waals surface area contributed by atoms with E-state index in [1.807, 2.05) is 97.9 Å². The average Bonchev–Trinajstić information content (AvgIpc) is 3.05. The molecule has 4 aromatic rings. The van der Waals surface area contributed by atoms with Crippen LogP contribution in [0, 0.1) is 6.92 Å². The van der Waals surface area contributed by atoms with E-state index in [1.165, 1.54) is 26.4 Å². The Labute approximate surface area is 260 Å². The Morgan fingerprint density at radius 1 is 0.591 bits per heavy atom. The fraction of sp³-hybridized carbons (Fsp3) is 0.314. The largest absolute Gasteiger partial charge is 0.374 e. The van der Waals surface area contributed by atoms with Crippen LogP contribution in [-0.2, 0) is 57.8 Å². The van der Waals surface area contributed by atoms with Crippen molar-refractivity contribution in [3.8, 4) is 0 Å². The molecular weight excluding hydrogens is 580 g/mol. The van der Waals surface area contributed by atoms with Crippen LogP contribution in [0.1, 0.15) is 22.3 Å². The van der Waals surface area contributed by atoms with Crippen molar-refractivity contribution in [2.75, 3.05) is 20.8 Å². The first-order chi connectivity index (χ1) is 21.4. The summed E-state index contributed by atoms with van der Waals surface area (Å²) in [7, 11) is -1.25. The lowest BCUT2D eigenvalue weighted by molar-refractivity contribution is -0.236. The van der Waals surface area contributed by atoms with Crippen LogP contribution in [0.2, 0.25) is 0 Å². The highest BCUT2D eigenvalue weighted by atomic mass is 32.2. The second kappa shape index (κ2) is 17.2. The van der Waals surface area contributed by atoms with Gasteiger partial charge in [-0.2, -0.15) is 8.42 Å². The van der Waals surface area contributed by atoms with Crippen molar-refractivity contribution in [3.05, 3.63) is 138 Å². The van der Waals surface area contributed by atoms with Gasteiger partial charge < -0.3 is 23.7 Å². The highest BCUT2D eigenvalue weighted by molar-refractivity contribution is 7.86. The molecule has 0 bridgehead atoms. The Morgan fingerprint density at radius 3 is 1.52 bits per heavy atom. The van der Waals surface area contributed by atoms with Crippen molar-refractivity contribution in [2.45, 2.75) is 56.2 Å². The maximum Gasteiger partial charge on any atom is 0.297 e. The SMILES string of the molecule is COC(OC)[C@H](OCc1ccccc1)[C@H](OCc1ccccc1)[C@@H](COCc1ccccc1)OS(=O)(=O)c1ccc(C)cc1. The molecule has 44 heavy (non-hydrogen) atoms. The van der Waals surface area contributed by atoms with Crippen molar-refractivity contribution in [3.63, 3.8) is 0 Å². The van der Waals surface area contributed by atoms with Crippen molar-refractivity contribution in [2.24, 2.45) is 0 Å². The van der Waals surface area contributed by atoms with Crippen molar-refractivity contribution >= 4 is 10.1 Å². The molecule has 4 aromatic carbocycles. The number of hydrogen-bond acceptors (Lipinski definition) is 8. The smallest absolute Gasteiger partial charge is 0.297 e. The van der Waals surface area contributed by atoms with Crippen LogP contribution in [0.3, 0.4) is 0 Å². The van der Waals surface area contributed by atoms with Gasteiger partial charge >= 0.3 is 0 Å². The number of aryl methyl sites for hydroxylation is 1. The minimum absolute atomic E-state index is 0.0229. The van der Waals surface area contributed by atoms with E-state index in [2.05, 4.69) is 0 Å². The van der Waals surface area contributed by atoms with Crippen LogP contribution in [0.4, 0.5) is 0 Å². The van der Waals surface area contributed by atoms with Gasteiger partial charge in [-0.25, -0.2) is 0 Å². The molecule has 0 unspecified atom stereocenters. The van der Waals surface area contributed by atoms with Gasteiger partial charge in [-0.3, -0.25) is 4.18 Å². The van der Waals surface area contributed by atoms with Gasteiger partial charge in [0, 0.05) is 14.2 Å². The third-order valence-corrected chi connectivity index (χ3v) is 8.30. The summed E-state index contributed by atoms with van der Waals surface area (Å²) in [6.45, 7) is 2.35. The number of hydrogen-bond donors (Lipinski definition) is 0. The van der Waals surface area contributed by atoms with E-state index in [1.54, 1.807) is 12.1 Å². The van der Waals surface area contributed by atoms with Gasteiger partial charge in [-0.1, -0.05) is 109 Å². The molecule has 0 heterocycles.